The molecule has 0 aliphatic carbocycles. The normalized spacial score (nSPS) is 12.7. The predicted molar refractivity (Wildman–Crippen MR) is 68.2 cm³/mol. The summed E-state index contributed by atoms with van der Waals surface area (Å²) in [6.07, 6.45) is 2.86. The lowest BCUT2D eigenvalue weighted by atomic mass is 10.2. The number of aromatic nitrogens is 2. The molecule has 1 atom stereocenters. The zero-order valence-electron chi connectivity index (χ0n) is 10.4. The molecule has 0 aromatic carbocycles. The van der Waals surface area contributed by atoms with Crippen molar-refractivity contribution >= 4 is 22.0 Å². The van der Waals surface area contributed by atoms with Gasteiger partial charge < -0.3 is 20.7 Å². The number of carbonyl (C=O) groups excluding carboxylic acids is 1. The van der Waals surface area contributed by atoms with Crippen molar-refractivity contribution in [2.45, 2.75) is 12.5 Å². The first-order chi connectivity index (χ1) is 9.28. The van der Waals surface area contributed by atoms with Crippen molar-refractivity contribution in [1.82, 2.24) is 20.6 Å². The highest BCUT2D eigenvalue weighted by Crippen LogP contribution is 1.98. The van der Waals surface area contributed by atoms with E-state index in [-0.39, 0.29) is 13.0 Å². The minimum absolute atomic E-state index is 0.0257. The summed E-state index contributed by atoms with van der Waals surface area (Å²) in [4.78, 5) is 28.9. The summed E-state index contributed by atoms with van der Waals surface area (Å²) in [5.74, 6) is -1.65. The Morgan fingerprint density at radius 3 is 2.70 bits per heavy atom. The van der Waals surface area contributed by atoms with Crippen LogP contribution in [0.4, 0.5) is 4.79 Å². The summed E-state index contributed by atoms with van der Waals surface area (Å²) < 4.78 is 21.3. The molecule has 112 valence electrons. The quantitative estimate of drug-likeness (QED) is 0.390. The van der Waals surface area contributed by atoms with Crippen LogP contribution in [0, 0.1) is 0 Å². The second-order valence-electron chi connectivity index (χ2n) is 3.94. The molecule has 1 heterocycles. The molecule has 0 fully saturated rings. The molecule has 11 heteroatoms. The van der Waals surface area contributed by atoms with Crippen LogP contribution in [-0.2, 0) is 21.2 Å². The fourth-order valence-electron chi connectivity index (χ4n) is 1.33. The zero-order chi connectivity index (χ0) is 15.2. The van der Waals surface area contributed by atoms with Crippen LogP contribution in [0.3, 0.4) is 0 Å². The highest BCUT2D eigenvalue weighted by Gasteiger charge is 2.20. The molecular formula is C9H15N5O5S. The van der Waals surface area contributed by atoms with Crippen molar-refractivity contribution in [3.8, 4) is 0 Å². The Morgan fingerprint density at radius 1 is 1.50 bits per heavy atom. The van der Waals surface area contributed by atoms with Crippen LogP contribution in [0.1, 0.15) is 5.69 Å². The largest absolute Gasteiger partial charge is 0.480 e. The second-order valence-corrected chi connectivity index (χ2v) is 5.67. The van der Waals surface area contributed by atoms with Crippen LogP contribution in [0.25, 0.3) is 0 Å². The van der Waals surface area contributed by atoms with E-state index in [1.807, 2.05) is 0 Å². The molecule has 1 rings (SSSR count). The molecule has 0 saturated heterocycles. The average Bonchev–Trinajstić information content (AvgIpc) is 2.79. The van der Waals surface area contributed by atoms with Gasteiger partial charge >= 0.3 is 12.0 Å². The number of carboxylic acid groups (broad SMARTS) is 1. The Morgan fingerprint density at radius 2 is 2.20 bits per heavy atom. The number of nitrogens with one attached hydrogen (secondary N) is 3. The lowest BCUT2D eigenvalue weighted by molar-refractivity contribution is -0.139. The minimum atomic E-state index is -3.68. The topological polar surface area (TPSA) is 167 Å². The van der Waals surface area contributed by atoms with E-state index < -0.39 is 33.8 Å². The number of aromatic amines is 1. The summed E-state index contributed by atoms with van der Waals surface area (Å²) in [6, 6.07) is -1.95. The molecule has 10 nitrogen and oxygen atoms in total. The fourth-order valence-corrected chi connectivity index (χ4v) is 1.72. The number of nitrogens with two attached hydrogens (primary N) is 1. The zero-order valence-corrected chi connectivity index (χ0v) is 11.2. The molecule has 0 aliphatic heterocycles. The van der Waals surface area contributed by atoms with Crippen LogP contribution < -0.4 is 15.8 Å². The lowest BCUT2D eigenvalue weighted by Gasteiger charge is -2.14. The Balaban J connectivity index is 2.45. The maximum Gasteiger partial charge on any atom is 0.326 e. The Kier molecular flexibility index (Phi) is 5.46. The first kappa shape index (κ1) is 15.9. The van der Waals surface area contributed by atoms with Crippen LogP contribution in [-0.4, -0.2) is 53.8 Å². The number of hydrogen-bond acceptors (Lipinski definition) is 5. The van der Waals surface area contributed by atoms with Gasteiger partial charge in [0.2, 0.25) is 10.0 Å². The van der Waals surface area contributed by atoms with Gasteiger partial charge in [-0.15, -0.1) is 0 Å². The van der Waals surface area contributed by atoms with E-state index >= 15 is 0 Å². The lowest BCUT2D eigenvalue weighted by Crippen LogP contribution is -2.48. The summed E-state index contributed by atoms with van der Waals surface area (Å²) in [7, 11) is -3.68. The SMILES string of the molecule is NS(=O)(=O)CCNC(=O)NC(Cc1cnc[nH]1)C(=O)O. The van der Waals surface area contributed by atoms with E-state index in [2.05, 4.69) is 20.6 Å². The van der Waals surface area contributed by atoms with Crippen molar-refractivity contribution in [2.24, 2.45) is 5.14 Å². The molecule has 0 bridgehead atoms. The van der Waals surface area contributed by atoms with Gasteiger partial charge in [-0.25, -0.2) is 28.1 Å². The van der Waals surface area contributed by atoms with E-state index in [1.54, 1.807) is 0 Å². The molecule has 1 aromatic heterocycles. The minimum Gasteiger partial charge on any atom is -0.480 e. The third kappa shape index (κ3) is 6.15. The van der Waals surface area contributed by atoms with Gasteiger partial charge in [0.1, 0.15) is 6.04 Å². The summed E-state index contributed by atoms with van der Waals surface area (Å²) in [5.41, 5.74) is 0.544. The van der Waals surface area contributed by atoms with Gasteiger partial charge in [0, 0.05) is 24.9 Å². The number of H-pyrrole nitrogens is 1. The van der Waals surface area contributed by atoms with E-state index in [4.69, 9.17) is 10.2 Å². The molecule has 0 saturated carbocycles. The standard InChI is InChI=1S/C9H15N5O5S/c10-20(18,19)2-1-12-9(17)14-7(8(15)16)3-6-4-11-5-13-6/h4-5,7H,1-3H2,(H,11,13)(H,15,16)(H2,10,18,19)(H2,12,14,17). The molecular weight excluding hydrogens is 290 g/mol. The third-order valence-corrected chi connectivity index (χ3v) is 3.03. The molecule has 6 N–H and O–H groups in total. The highest BCUT2D eigenvalue weighted by molar-refractivity contribution is 7.89. The number of carbonyl (C=O) groups is 2. The van der Waals surface area contributed by atoms with Crippen molar-refractivity contribution in [1.29, 1.82) is 0 Å². The van der Waals surface area contributed by atoms with Gasteiger partial charge in [-0.2, -0.15) is 0 Å². The number of primary sulfonamides is 1. The molecule has 2 amide bonds. The summed E-state index contributed by atoms with van der Waals surface area (Å²) in [5, 5.41) is 18.2. The molecule has 0 radical (unpaired) electrons. The molecule has 0 spiro atoms. The second kappa shape index (κ2) is 6.86. The molecule has 0 aliphatic rings. The number of hydrogen-bond donors (Lipinski definition) is 5. The molecule has 1 aromatic rings. The van der Waals surface area contributed by atoms with Crippen LogP contribution in [0.2, 0.25) is 0 Å². The van der Waals surface area contributed by atoms with Gasteiger partial charge in [-0.05, 0) is 0 Å². The summed E-state index contributed by atoms with van der Waals surface area (Å²) >= 11 is 0. The van der Waals surface area contributed by atoms with E-state index in [0.29, 0.717) is 5.69 Å². The van der Waals surface area contributed by atoms with E-state index in [0.717, 1.165) is 0 Å². The third-order valence-electron chi connectivity index (χ3n) is 2.25. The Bertz CT molecular complexity index is 555. The average molecular weight is 305 g/mol. The van der Waals surface area contributed by atoms with E-state index in [1.165, 1.54) is 12.5 Å². The first-order valence-corrected chi connectivity index (χ1v) is 7.24. The van der Waals surface area contributed by atoms with Gasteiger partial charge in [0.05, 0.1) is 12.1 Å². The fraction of sp³-hybridized carbons (Fsp3) is 0.444. The number of imidazole rings is 1. The maximum absolute atomic E-state index is 11.4. The first-order valence-electron chi connectivity index (χ1n) is 5.53. The van der Waals surface area contributed by atoms with Crippen molar-refractivity contribution in [3.05, 3.63) is 18.2 Å². The number of sulfonamides is 1. The summed E-state index contributed by atoms with van der Waals surface area (Å²) in [6.45, 7) is -0.207. The Labute approximate surface area is 114 Å². The van der Waals surface area contributed by atoms with Gasteiger partial charge in [-0.3, -0.25) is 0 Å². The van der Waals surface area contributed by atoms with Crippen LogP contribution >= 0.6 is 0 Å². The van der Waals surface area contributed by atoms with Crippen molar-refractivity contribution < 1.29 is 23.1 Å². The van der Waals surface area contributed by atoms with Gasteiger partial charge in [0.15, 0.2) is 0 Å². The maximum atomic E-state index is 11.4. The van der Waals surface area contributed by atoms with Crippen molar-refractivity contribution in [2.75, 3.05) is 12.3 Å². The highest BCUT2D eigenvalue weighted by atomic mass is 32.2. The Hall–Kier alpha value is -2.14. The molecule has 1 unspecified atom stereocenters. The molecule has 20 heavy (non-hydrogen) atoms. The number of aliphatic carboxylic acids is 1. The monoisotopic (exact) mass is 305 g/mol. The van der Waals surface area contributed by atoms with Crippen LogP contribution in [0.5, 0.6) is 0 Å². The number of amides is 2. The smallest absolute Gasteiger partial charge is 0.326 e. The number of carboxylic acids is 1. The van der Waals surface area contributed by atoms with Crippen molar-refractivity contribution in [3.63, 3.8) is 0 Å². The van der Waals surface area contributed by atoms with E-state index in [9.17, 15) is 18.0 Å². The van der Waals surface area contributed by atoms with Gasteiger partial charge in [-0.1, -0.05) is 0 Å². The van der Waals surface area contributed by atoms with Gasteiger partial charge in [0.25, 0.3) is 0 Å². The predicted octanol–water partition coefficient (Wildman–Crippen LogP) is -2.01. The number of urea groups is 1. The number of nitrogens with zero attached hydrogens (tertiary/aromatic N) is 1. The number of rotatable bonds is 7. The van der Waals surface area contributed by atoms with Crippen LogP contribution in [0.15, 0.2) is 12.5 Å².